The number of Topliss-reactive ketones (excluding diaryl/α,β-unsaturated/α-hetero) is 1. The van der Waals surface area contributed by atoms with Gasteiger partial charge in [0, 0.05) is 19.6 Å². The van der Waals surface area contributed by atoms with E-state index in [0.29, 0.717) is 31.7 Å². The molecule has 0 spiro atoms. The molecule has 0 unspecified atom stereocenters. The first-order chi connectivity index (χ1) is 15.7. The molecule has 2 aromatic rings. The van der Waals surface area contributed by atoms with Crippen molar-refractivity contribution in [2.24, 2.45) is 11.1 Å². The number of H-pyrrole nitrogens is 1. The maximum atomic E-state index is 13.0. The summed E-state index contributed by atoms with van der Waals surface area (Å²) in [6.07, 6.45) is 13.4. The molecule has 6 heteroatoms. The van der Waals surface area contributed by atoms with Gasteiger partial charge in [-0.1, -0.05) is 44.0 Å². The summed E-state index contributed by atoms with van der Waals surface area (Å²) < 4.78 is 5.51. The van der Waals surface area contributed by atoms with Gasteiger partial charge in [-0.05, 0) is 59.8 Å². The molecule has 6 nitrogen and oxygen atoms in total. The van der Waals surface area contributed by atoms with Crippen LogP contribution < -0.4 is 5.73 Å². The molecule has 1 amide bonds. The number of nitrogens with one attached hydrogen (secondary N) is 1. The molecule has 4 rings (SSSR count). The fourth-order valence-electron chi connectivity index (χ4n) is 4.84. The quantitative estimate of drug-likeness (QED) is 0.520. The van der Waals surface area contributed by atoms with Crippen LogP contribution in [0.4, 0.5) is 0 Å². The first-order valence-corrected chi connectivity index (χ1v) is 11.5. The Labute approximate surface area is 195 Å². The van der Waals surface area contributed by atoms with E-state index < -0.39 is 5.41 Å². The highest BCUT2D eigenvalue weighted by Crippen LogP contribution is 2.41. The SMILES string of the molecule is C#Cc1cnc(C(=O)Cc2ccc(C3(C(N)=O)CCOCC3)cc2C2=CCC(C)(C)CC2)[nH]1. The number of hydrogen-bond acceptors (Lipinski definition) is 4. The summed E-state index contributed by atoms with van der Waals surface area (Å²) in [7, 11) is 0. The number of nitrogens with zero attached hydrogens (tertiary/aromatic N) is 1. The number of imidazole rings is 1. The number of rotatable bonds is 6. The molecule has 1 fully saturated rings. The van der Waals surface area contributed by atoms with E-state index in [9.17, 15) is 9.59 Å². The molecular weight excluding hydrogens is 414 g/mol. The van der Waals surface area contributed by atoms with Crippen molar-refractivity contribution in [3.63, 3.8) is 0 Å². The zero-order valence-corrected chi connectivity index (χ0v) is 19.4. The molecule has 0 bridgehead atoms. The number of aromatic nitrogens is 2. The predicted octanol–water partition coefficient (Wildman–Crippen LogP) is 3.94. The minimum absolute atomic E-state index is 0.127. The number of primary amides is 1. The molecule has 0 radical (unpaired) electrons. The highest BCUT2D eigenvalue weighted by molar-refractivity contribution is 5.95. The first kappa shape index (κ1) is 23.0. The lowest BCUT2D eigenvalue weighted by Gasteiger charge is -2.35. The number of ketones is 1. The maximum Gasteiger partial charge on any atom is 0.228 e. The molecule has 1 aromatic carbocycles. The molecule has 1 aromatic heterocycles. The molecule has 1 saturated heterocycles. The number of hydrogen-bond donors (Lipinski definition) is 2. The number of carbonyl (C=O) groups is 2. The number of allylic oxidation sites excluding steroid dienone is 2. The molecule has 1 aliphatic heterocycles. The van der Waals surface area contributed by atoms with Crippen LogP contribution in [0.15, 0.2) is 30.5 Å². The van der Waals surface area contributed by atoms with Gasteiger partial charge in [-0.25, -0.2) is 4.98 Å². The monoisotopic (exact) mass is 445 g/mol. The van der Waals surface area contributed by atoms with Gasteiger partial charge >= 0.3 is 0 Å². The van der Waals surface area contributed by atoms with E-state index in [1.165, 1.54) is 11.8 Å². The van der Waals surface area contributed by atoms with Gasteiger partial charge in [-0.15, -0.1) is 6.42 Å². The summed E-state index contributed by atoms with van der Waals surface area (Å²) in [6.45, 7) is 5.55. The number of nitrogens with two attached hydrogens (primary N) is 1. The van der Waals surface area contributed by atoms with E-state index in [4.69, 9.17) is 16.9 Å². The second-order valence-electron chi connectivity index (χ2n) is 9.92. The van der Waals surface area contributed by atoms with E-state index in [1.54, 1.807) is 0 Å². The van der Waals surface area contributed by atoms with Gasteiger partial charge in [0.25, 0.3) is 0 Å². The molecule has 1 aliphatic carbocycles. The second-order valence-corrected chi connectivity index (χ2v) is 9.92. The molecule has 3 N–H and O–H groups in total. The van der Waals surface area contributed by atoms with Crippen LogP contribution in [0.3, 0.4) is 0 Å². The van der Waals surface area contributed by atoms with Gasteiger partial charge in [0.1, 0.15) is 5.69 Å². The Morgan fingerprint density at radius 3 is 2.61 bits per heavy atom. The summed E-state index contributed by atoms with van der Waals surface area (Å²) >= 11 is 0. The highest BCUT2D eigenvalue weighted by Gasteiger charge is 2.40. The fraction of sp³-hybridized carbons (Fsp3) is 0.444. The van der Waals surface area contributed by atoms with Crippen LogP contribution in [-0.2, 0) is 21.4 Å². The number of ether oxygens (including phenoxy) is 1. The van der Waals surface area contributed by atoms with Gasteiger partial charge in [-0.3, -0.25) is 9.59 Å². The van der Waals surface area contributed by atoms with Crippen molar-refractivity contribution in [3.05, 3.63) is 58.7 Å². The van der Waals surface area contributed by atoms with Crippen molar-refractivity contribution < 1.29 is 14.3 Å². The molecule has 0 saturated carbocycles. The van der Waals surface area contributed by atoms with Crippen molar-refractivity contribution in [1.29, 1.82) is 0 Å². The van der Waals surface area contributed by atoms with Crippen molar-refractivity contribution >= 4 is 17.3 Å². The zero-order chi connectivity index (χ0) is 23.6. The number of aromatic amines is 1. The minimum Gasteiger partial charge on any atom is -0.381 e. The van der Waals surface area contributed by atoms with Crippen LogP contribution >= 0.6 is 0 Å². The van der Waals surface area contributed by atoms with Gasteiger partial charge in [0.15, 0.2) is 5.82 Å². The maximum absolute atomic E-state index is 13.0. The standard InChI is InChI=1S/C27H31N3O3/c1-4-21-17-29-24(30-21)23(31)15-19-5-6-20(27(25(28)32)11-13-33-14-12-27)16-22(19)18-7-9-26(2,3)10-8-18/h1,5-7,16-17H,8-15H2,2-3H3,(H2,28,32)(H,29,30). The summed E-state index contributed by atoms with van der Waals surface area (Å²) in [5.74, 6) is 2.27. The molecular formula is C27H31N3O3. The third kappa shape index (κ3) is 4.65. The van der Waals surface area contributed by atoms with Crippen LogP contribution in [0.2, 0.25) is 0 Å². The number of benzene rings is 1. The largest absolute Gasteiger partial charge is 0.381 e. The zero-order valence-electron chi connectivity index (χ0n) is 19.4. The van der Waals surface area contributed by atoms with E-state index in [0.717, 1.165) is 36.0 Å². The van der Waals surface area contributed by atoms with Crippen LogP contribution in [0.5, 0.6) is 0 Å². The van der Waals surface area contributed by atoms with Crippen molar-refractivity contribution in [2.45, 2.75) is 57.8 Å². The minimum atomic E-state index is -0.743. The normalized spacial score (nSPS) is 19.4. The Kier molecular flexibility index (Phi) is 6.27. The van der Waals surface area contributed by atoms with Crippen LogP contribution in [0.25, 0.3) is 5.57 Å². The van der Waals surface area contributed by atoms with Crippen LogP contribution in [0, 0.1) is 17.8 Å². The van der Waals surface area contributed by atoms with Gasteiger partial charge in [0.05, 0.1) is 11.6 Å². The Bertz CT molecular complexity index is 1140. The predicted molar refractivity (Wildman–Crippen MR) is 128 cm³/mol. The number of carbonyl (C=O) groups excluding carboxylic acids is 2. The molecule has 33 heavy (non-hydrogen) atoms. The van der Waals surface area contributed by atoms with Crippen molar-refractivity contribution in [3.8, 4) is 12.3 Å². The summed E-state index contributed by atoms with van der Waals surface area (Å²) in [5.41, 5.74) is 9.97. The van der Waals surface area contributed by atoms with Crippen molar-refractivity contribution in [2.75, 3.05) is 13.2 Å². The average molecular weight is 446 g/mol. The van der Waals surface area contributed by atoms with E-state index >= 15 is 0 Å². The lowest BCUT2D eigenvalue weighted by molar-refractivity contribution is -0.127. The summed E-state index contributed by atoms with van der Waals surface area (Å²) in [6, 6.07) is 6.00. The molecule has 0 atom stereocenters. The highest BCUT2D eigenvalue weighted by atomic mass is 16.5. The fourth-order valence-corrected chi connectivity index (χ4v) is 4.84. The number of amides is 1. The van der Waals surface area contributed by atoms with E-state index in [1.807, 2.05) is 12.1 Å². The van der Waals surface area contributed by atoms with Crippen molar-refractivity contribution in [1.82, 2.24) is 9.97 Å². The summed E-state index contributed by atoms with van der Waals surface area (Å²) in [5, 5.41) is 0. The smallest absolute Gasteiger partial charge is 0.228 e. The topological polar surface area (TPSA) is 98.1 Å². The molecule has 2 heterocycles. The van der Waals surface area contributed by atoms with E-state index in [-0.39, 0.29) is 29.4 Å². The molecule has 2 aliphatic rings. The van der Waals surface area contributed by atoms with Gasteiger partial charge in [0.2, 0.25) is 11.7 Å². The second kappa shape index (κ2) is 8.99. The lowest BCUT2D eigenvalue weighted by Crippen LogP contribution is -2.45. The number of terminal acetylenes is 1. The van der Waals surface area contributed by atoms with Gasteiger partial charge < -0.3 is 15.5 Å². The Hall–Kier alpha value is -3.17. The Balaban J connectivity index is 1.74. The average Bonchev–Trinajstić information content (AvgIpc) is 3.29. The Morgan fingerprint density at radius 1 is 1.24 bits per heavy atom. The third-order valence-corrected chi connectivity index (χ3v) is 7.15. The third-order valence-electron chi connectivity index (χ3n) is 7.15. The van der Waals surface area contributed by atoms with Gasteiger partial charge in [-0.2, -0.15) is 0 Å². The van der Waals surface area contributed by atoms with E-state index in [2.05, 4.69) is 41.9 Å². The summed E-state index contributed by atoms with van der Waals surface area (Å²) in [4.78, 5) is 32.6. The molecule has 172 valence electrons. The Morgan fingerprint density at radius 2 is 2.00 bits per heavy atom. The van der Waals surface area contributed by atoms with Crippen LogP contribution in [0.1, 0.15) is 79.0 Å². The first-order valence-electron chi connectivity index (χ1n) is 11.5. The lowest BCUT2D eigenvalue weighted by atomic mass is 9.71. The van der Waals surface area contributed by atoms with Crippen LogP contribution in [-0.4, -0.2) is 34.9 Å².